The molecule has 0 saturated carbocycles. The fourth-order valence-corrected chi connectivity index (χ4v) is 3.22. The molecule has 0 unspecified atom stereocenters. The Morgan fingerprint density at radius 3 is 2.92 bits per heavy atom. The van der Waals surface area contributed by atoms with Gasteiger partial charge in [0, 0.05) is 25.3 Å². The molecule has 0 radical (unpaired) electrons. The molecule has 2 heterocycles. The van der Waals surface area contributed by atoms with Crippen LogP contribution in [0.5, 0.6) is 0 Å². The van der Waals surface area contributed by atoms with E-state index in [4.69, 9.17) is 4.52 Å². The number of aromatic nitrogens is 2. The van der Waals surface area contributed by atoms with E-state index in [1.807, 2.05) is 26.8 Å². The summed E-state index contributed by atoms with van der Waals surface area (Å²) in [7, 11) is 0. The van der Waals surface area contributed by atoms with Crippen LogP contribution in [0.2, 0.25) is 0 Å². The minimum Gasteiger partial charge on any atom is -0.339 e. The third-order valence-corrected chi connectivity index (χ3v) is 4.47. The Hall–Kier alpha value is -2.24. The summed E-state index contributed by atoms with van der Waals surface area (Å²) < 4.78 is 19.6. The van der Waals surface area contributed by atoms with E-state index in [0.717, 1.165) is 24.0 Å². The van der Waals surface area contributed by atoms with Crippen LogP contribution >= 0.6 is 0 Å². The van der Waals surface area contributed by atoms with Gasteiger partial charge in [-0.2, -0.15) is 4.98 Å². The number of aryl methyl sites for hydroxylation is 3. The van der Waals surface area contributed by atoms with Crippen molar-refractivity contribution in [1.29, 1.82) is 0 Å². The highest BCUT2D eigenvalue weighted by molar-refractivity contribution is 5.94. The van der Waals surface area contributed by atoms with Gasteiger partial charge in [-0.25, -0.2) is 4.39 Å². The summed E-state index contributed by atoms with van der Waals surface area (Å²) in [5.74, 6) is 1.10. The van der Waals surface area contributed by atoms with Gasteiger partial charge >= 0.3 is 0 Å². The summed E-state index contributed by atoms with van der Waals surface area (Å²) in [6.45, 7) is 6.45. The predicted molar refractivity (Wildman–Crippen MR) is 93.1 cm³/mol. The minimum absolute atomic E-state index is 0.0488. The number of amides is 1. The Morgan fingerprint density at radius 2 is 2.20 bits per heavy atom. The third-order valence-electron chi connectivity index (χ3n) is 4.47. The van der Waals surface area contributed by atoms with Crippen molar-refractivity contribution in [2.75, 3.05) is 11.4 Å². The fraction of sp³-hybridized carbons (Fsp3) is 0.526. The third kappa shape index (κ3) is 3.89. The maximum atomic E-state index is 14.4. The maximum absolute atomic E-state index is 14.4. The first kappa shape index (κ1) is 17.6. The summed E-state index contributed by atoms with van der Waals surface area (Å²) in [6, 6.07) is 3.47. The zero-order valence-electron chi connectivity index (χ0n) is 15.0. The van der Waals surface area contributed by atoms with E-state index in [2.05, 4.69) is 10.1 Å². The zero-order chi connectivity index (χ0) is 18.0. The Morgan fingerprint density at radius 1 is 1.40 bits per heavy atom. The molecule has 6 heteroatoms. The van der Waals surface area contributed by atoms with Gasteiger partial charge in [-0.05, 0) is 43.4 Å². The quantitative estimate of drug-likeness (QED) is 0.823. The second kappa shape index (κ2) is 7.33. The van der Waals surface area contributed by atoms with Crippen LogP contribution in [0.15, 0.2) is 16.7 Å². The summed E-state index contributed by atoms with van der Waals surface area (Å²) >= 11 is 0. The van der Waals surface area contributed by atoms with Gasteiger partial charge in [-0.1, -0.05) is 25.1 Å². The lowest BCUT2D eigenvalue weighted by atomic mass is 9.98. The molecule has 1 aliphatic heterocycles. The molecule has 0 bridgehead atoms. The number of nitrogens with zero attached hydrogens (tertiary/aromatic N) is 3. The normalized spacial score (nSPS) is 14.0. The number of fused-ring (bicyclic) bond motifs is 1. The van der Waals surface area contributed by atoms with Crippen LogP contribution in [0, 0.1) is 12.7 Å². The number of rotatable bonds is 5. The van der Waals surface area contributed by atoms with E-state index >= 15 is 0 Å². The summed E-state index contributed by atoms with van der Waals surface area (Å²) in [5, 5.41) is 3.92. The van der Waals surface area contributed by atoms with Gasteiger partial charge in [0.15, 0.2) is 5.82 Å². The lowest BCUT2D eigenvalue weighted by molar-refractivity contribution is -0.118. The molecule has 1 aromatic heterocycles. The van der Waals surface area contributed by atoms with E-state index in [1.165, 1.54) is 6.07 Å². The molecule has 0 spiro atoms. The molecule has 5 nitrogen and oxygen atoms in total. The highest BCUT2D eigenvalue weighted by Crippen LogP contribution is 2.31. The number of anilines is 1. The van der Waals surface area contributed by atoms with Crippen molar-refractivity contribution in [2.45, 2.75) is 58.8 Å². The molecular weight excluding hydrogens is 321 g/mol. The van der Waals surface area contributed by atoms with Gasteiger partial charge in [0.1, 0.15) is 5.82 Å². The first-order valence-electron chi connectivity index (χ1n) is 8.87. The van der Waals surface area contributed by atoms with Gasteiger partial charge in [0.25, 0.3) is 0 Å². The molecule has 134 valence electrons. The first-order chi connectivity index (χ1) is 12.0. The van der Waals surface area contributed by atoms with E-state index in [1.54, 1.807) is 4.90 Å². The van der Waals surface area contributed by atoms with E-state index in [0.29, 0.717) is 43.2 Å². The van der Waals surface area contributed by atoms with E-state index in [9.17, 15) is 9.18 Å². The highest BCUT2D eigenvalue weighted by atomic mass is 19.1. The van der Waals surface area contributed by atoms with Crippen LogP contribution in [0.25, 0.3) is 0 Å². The second-order valence-electron chi connectivity index (χ2n) is 6.96. The Balaban J connectivity index is 1.63. The molecule has 0 atom stereocenters. The SMILES string of the molecule is Cc1cc(F)c2c(c1)CCCN2C(=O)CCCc1nc(C(C)C)no1. The van der Waals surface area contributed by atoms with E-state index in [-0.39, 0.29) is 17.6 Å². The summed E-state index contributed by atoms with van der Waals surface area (Å²) in [6.07, 6.45) is 3.19. The van der Waals surface area contributed by atoms with Gasteiger partial charge in [-0.3, -0.25) is 4.79 Å². The Kier molecular flexibility index (Phi) is 5.16. The molecule has 2 aromatic rings. The lowest BCUT2D eigenvalue weighted by Gasteiger charge is -2.30. The van der Waals surface area contributed by atoms with Crippen LogP contribution in [0.1, 0.15) is 61.9 Å². The van der Waals surface area contributed by atoms with Crippen molar-refractivity contribution in [3.63, 3.8) is 0 Å². The Bertz CT molecular complexity index is 770. The van der Waals surface area contributed by atoms with Gasteiger partial charge < -0.3 is 9.42 Å². The molecule has 1 aromatic carbocycles. The van der Waals surface area contributed by atoms with Crippen molar-refractivity contribution in [3.05, 3.63) is 40.8 Å². The van der Waals surface area contributed by atoms with Crippen LogP contribution in [0.4, 0.5) is 10.1 Å². The van der Waals surface area contributed by atoms with Crippen molar-refractivity contribution in [2.24, 2.45) is 0 Å². The van der Waals surface area contributed by atoms with Crippen molar-refractivity contribution in [1.82, 2.24) is 10.1 Å². The van der Waals surface area contributed by atoms with Crippen LogP contribution in [-0.4, -0.2) is 22.6 Å². The Labute approximate surface area is 147 Å². The van der Waals surface area contributed by atoms with Gasteiger partial charge in [0.05, 0.1) is 5.69 Å². The molecular formula is C19H24FN3O2. The molecule has 1 amide bonds. The first-order valence-corrected chi connectivity index (χ1v) is 8.87. The molecule has 0 saturated heterocycles. The fourth-order valence-electron chi connectivity index (χ4n) is 3.22. The molecule has 0 fully saturated rings. The van der Waals surface area contributed by atoms with Crippen LogP contribution in [-0.2, 0) is 17.6 Å². The monoisotopic (exact) mass is 345 g/mol. The molecule has 0 aliphatic carbocycles. The zero-order valence-corrected chi connectivity index (χ0v) is 15.0. The van der Waals surface area contributed by atoms with Crippen molar-refractivity contribution < 1.29 is 13.7 Å². The summed E-state index contributed by atoms with van der Waals surface area (Å²) in [4.78, 5) is 18.5. The molecule has 25 heavy (non-hydrogen) atoms. The molecule has 1 aliphatic rings. The number of carbonyl (C=O) groups is 1. The maximum Gasteiger partial charge on any atom is 0.227 e. The van der Waals surface area contributed by atoms with Gasteiger partial charge in [-0.15, -0.1) is 0 Å². The van der Waals surface area contributed by atoms with Crippen molar-refractivity contribution in [3.8, 4) is 0 Å². The smallest absolute Gasteiger partial charge is 0.227 e. The number of carbonyl (C=O) groups excluding carboxylic acids is 1. The average Bonchev–Trinajstić information content (AvgIpc) is 3.03. The summed E-state index contributed by atoms with van der Waals surface area (Å²) in [5.41, 5.74) is 2.28. The second-order valence-corrected chi connectivity index (χ2v) is 6.96. The number of benzene rings is 1. The van der Waals surface area contributed by atoms with E-state index < -0.39 is 0 Å². The van der Waals surface area contributed by atoms with Crippen molar-refractivity contribution >= 4 is 11.6 Å². The largest absolute Gasteiger partial charge is 0.339 e. The lowest BCUT2D eigenvalue weighted by Crippen LogP contribution is -2.36. The number of halogens is 1. The molecule has 0 N–H and O–H groups in total. The van der Waals surface area contributed by atoms with Crippen LogP contribution in [0.3, 0.4) is 0 Å². The number of hydrogen-bond acceptors (Lipinski definition) is 4. The average molecular weight is 345 g/mol. The molecule has 3 rings (SSSR count). The highest BCUT2D eigenvalue weighted by Gasteiger charge is 2.25. The number of hydrogen-bond donors (Lipinski definition) is 0. The minimum atomic E-state index is -0.304. The van der Waals surface area contributed by atoms with Gasteiger partial charge in [0.2, 0.25) is 11.8 Å². The van der Waals surface area contributed by atoms with Crippen LogP contribution < -0.4 is 4.90 Å². The topological polar surface area (TPSA) is 59.2 Å². The predicted octanol–water partition coefficient (Wildman–Crippen LogP) is 3.94. The standard InChI is InChI=1S/C19H24FN3O2/c1-12(2)19-21-16(25-22-19)7-4-8-17(24)23-9-5-6-14-10-13(3)11-15(20)18(14)23/h10-12H,4-9H2,1-3H3.